The molecule has 1 aromatic carbocycles. The van der Waals surface area contributed by atoms with E-state index in [0.29, 0.717) is 40.6 Å². The van der Waals surface area contributed by atoms with Crippen molar-refractivity contribution in [3.8, 4) is 11.5 Å². The van der Waals surface area contributed by atoms with Crippen LogP contribution in [0.3, 0.4) is 0 Å². The molecule has 0 radical (unpaired) electrons. The standard InChI is InChI=1S/C25H32N4O4S/c1-25(2,3)16-7-8-17-20(13-16)34-23-22(17)24(31)29(28-27-23)14-21(30)26-11-10-15-6-9-18(32-4)19(12-15)33-5/h6,9,12,16H,7-8,10-11,13-14H2,1-5H3,(H,26,30). The molecule has 1 aliphatic rings. The molecule has 2 aromatic heterocycles. The average molecular weight is 485 g/mol. The molecular formula is C25H32N4O4S. The lowest BCUT2D eigenvalue weighted by atomic mass is 9.72. The van der Waals surface area contributed by atoms with Crippen LogP contribution in [-0.4, -0.2) is 41.7 Å². The molecule has 9 heteroatoms. The highest BCUT2D eigenvalue weighted by Gasteiger charge is 2.32. The molecule has 3 aromatic rings. The number of carbonyl (C=O) groups excluding carboxylic acids is 1. The van der Waals surface area contributed by atoms with E-state index in [-0.39, 0.29) is 23.4 Å². The second-order valence-electron chi connectivity index (χ2n) is 9.83. The van der Waals surface area contributed by atoms with Crippen molar-refractivity contribution >= 4 is 27.5 Å². The van der Waals surface area contributed by atoms with Gasteiger partial charge in [0.2, 0.25) is 5.91 Å². The van der Waals surface area contributed by atoms with Gasteiger partial charge in [0.1, 0.15) is 6.54 Å². The molecule has 1 atom stereocenters. The number of hydrogen-bond donors (Lipinski definition) is 1. The van der Waals surface area contributed by atoms with Gasteiger partial charge < -0.3 is 14.8 Å². The lowest BCUT2D eigenvalue weighted by Crippen LogP contribution is -2.35. The van der Waals surface area contributed by atoms with Crippen LogP contribution in [0, 0.1) is 11.3 Å². The number of benzene rings is 1. The third-order valence-corrected chi connectivity index (χ3v) is 7.78. The van der Waals surface area contributed by atoms with E-state index in [1.54, 1.807) is 25.6 Å². The number of ether oxygens (including phenoxy) is 2. The van der Waals surface area contributed by atoms with E-state index < -0.39 is 0 Å². The number of fused-ring (bicyclic) bond motifs is 3. The molecule has 0 bridgehead atoms. The molecule has 1 amide bonds. The lowest BCUT2D eigenvalue weighted by Gasteiger charge is -2.33. The molecule has 0 spiro atoms. The summed E-state index contributed by atoms with van der Waals surface area (Å²) in [5.74, 6) is 1.62. The molecule has 0 saturated heterocycles. The van der Waals surface area contributed by atoms with Gasteiger partial charge in [-0.2, -0.15) is 0 Å². The SMILES string of the molecule is COc1ccc(CCNC(=O)Cn2nnc3sc4c(c3c2=O)CCC(C(C)(C)C)C4)cc1OC. The normalized spacial score (nSPS) is 15.7. The first kappa shape index (κ1) is 24.2. The summed E-state index contributed by atoms with van der Waals surface area (Å²) in [5.41, 5.74) is 2.11. The maximum Gasteiger partial charge on any atom is 0.279 e. The molecule has 1 unspecified atom stereocenters. The number of hydrogen-bond acceptors (Lipinski definition) is 7. The summed E-state index contributed by atoms with van der Waals surface area (Å²) < 4.78 is 11.8. The van der Waals surface area contributed by atoms with E-state index in [1.807, 2.05) is 18.2 Å². The van der Waals surface area contributed by atoms with Crippen LogP contribution in [0.2, 0.25) is 0 Å². The maximum atomic E-state index is 13.2. The van der Waals surface area contributed by atoms with Crippen molar-refractivity contribution in [1.82, 2.24) is 20.3 Å². The van der Waals surface area contributed by atoms with E-state index in [1.165, 1.54) is 9.56 Å². The lowest BCUT2D eigenvalue weighted by molar-refractivity contribution is -0.121. The molecular weight excluding hydrogens is 452 g/mol. The number of carbonyl (C=O) groups is 1. The monoisotopic (exact) mass is 484 g/mol. The molecule has 0 aliphatic heterocycles. The molecule has 34 heavy (non-hydrogen) atoms. The van der Waals surface area contributed by atoms with Crippen LogP contribution in [0.15, 0.2) is 23.0 Å². The molecule has 4 rings (SSSR count). The Morgan fingerprint density at radius 2 is 2.00 bits per heavy atom. The highest BCUT2D eigenvalue weighted by molar-refractivity contribution is 7.18. The number of nitrogens with zero attached hydrogens (tertiary/aromatic N) is 3. The second kappa shape index (κ2) is 9.74. The summed E-state index contributed by atoms with van der Waals surface area (Å²) in [4.78, 5) is 27.6. The third kappa shape index (κ3) is 4.94. The number of rotatable bonds is 7. The van der Waals surface area contributed by atoms with Gasteiger partial charge in [-0.1, -0.05) is 32.1 Å². The minimum absolute atomic E-state index is 0.150. The zero-order chi connectivity index (χ0) is 24.5. The minimum atomic E-state index is -0.270. The van der Waals surface area contributed by atoms with Gasteiger partial charge >= 0.3 is 0 Å². The molecule has 0 saturated carbocycles. The molecule has 8 nitrogen and oxygen atoms in total. The van der Waals surface area contributed by atoms with Gasteiger partial charge in [0, 0.05) is 11.4 Å². The van der Waals surface area contributed by atoms with Crippen molar-refractivity contribution in [2.24, 2.45) is 11.3 Å². The Morgan fingerprint density at radius 1 is 1.24 bits per heavy atom. The van der Waals surface area contributed by atoms with E-state index in [9.17, 15) is 9.59 Å². The van der Waals surface area contributed by atoms with E-state index in [0.717, 1.165) is 30.4 Å². The number of aromatic nitrogens is 3. The smallest absolute Gasteiger partial charge is 0.279 e. The van der Waals surface area contributed by atoms with E-state index in [2.05, 4.69) is 36.4 Å². The highest BCUT2D eigenvalue weighted by Crippen LogP contribution is 2.41. The molecule has 0 fully saturated rings. The van der Waals surface area contributed by atoms with E-state index in [4.69, 9.17) is 9.47 Å². The molecule has 182 valence electrons. The van der Waals surface area contributed by atoms with Crippen LogP contribution in [-0.2, 0) is 30.6 Å². The van der Waals surface area contributed by atoms with Gasteiger partial charge in [-0.05, 0) is 60.3 Å². The fourth-order valence-corrected chi connectivity index (χ4v) is 5.78. The van der Waals surface area contributed by atoms with Gasteiger partial charge in [0.05, 0.1) is 19.6 Å². The zero-order valence-electron chi connectivity index (χ0n) is 20.4. The Labute approximate surface area is 203 Å². The van der Waals surface area contributed by atoms with Crippen molar-refractivity contribution in [2.45, 2.75) is 53.0 Å². The van der Waals surface area contributed by atoms with Gasteiger partial charge in [-0.3, -0.25) is 9.59 Å². The predicted molar refractivity (Wildman–Crippen MR) is 133 cm³/mol. The topological polar surface area (TPSA) is 95.3 Å². The van der Waals surface area contributed by atoms with Crippen LogP contribution in [0.1, 0.15) is 43.2 Å². The average Bonchev–Trinajstić information content (AvgIpc) is 3.18. The number of methoxy groups -OCH3 is 2. The summed E-state index contributed by atoms with van der Waals surface area (Å²) in [6.07, 6.45) is 3.52. The van der Waals surface area contributed by atoms with Gasteiger partial charge in [0.15, 0.2) is 16.3 Å². The van der Waals surface area contributed by atoms with Crippen molar-refractivity contribution < 1.29 is 14.3 Å². The molecule has 1 N–H and O–H groups in total. The Bertz CT molecular complexity index is 1260. The van der Waals surface area contributed by atoms with Crippen LogP contribution in [0.25, 0.3) is 10.2 Å². The first-order chi connectivity index (χ1) is 16.2. The van der Waals surface area contributed by atoms with Crippen molar-refractivity contribution in [2.75, 3.05) is 20.8 Å². The van der Waals surface area contributed by atoms with Gasteiger partial charge in [-0.25, -0.2) is 4.68 Å². The zero-order valence-corrected chi connectivity index (χ0v) is 21.3. The summed E-state index contributed by atoms with van der Waals surface area (Å²) in [5, 5.41) is 11.8. The summed E-state index contributed by atoms with van der Waals surface area (Å²) in [6.45, 7) is 7.09. The van der Waals surface area contributed by atoms with Gasteiger partial charge in [0.25, 0.3) is 5.56 Å². The number of thiophene rings is 1. The quantitative estimate of drug-likeness (QED) is 0.552. The van der Waals surface area contributed by atoms with Crippen LogP contribution in [0.4, 0.5) is 0 Å². The predicted octanol–water partition coefficient (Wildman–Crippen LogP) is 3.38. The summed E-state index contributed by atoms with van der Waals surface area (Å²) >= 11 is 1.57. The van der Waals surface area contributed by atoms with Crippen molar-refractivity contribution in [3.05, 3.63) is 44.6 Å². The summed E-state index contributed by atoms with van der Waals surface area (Å²) in [7, 11) is 3.18. The molecule has 1 aliphatic carbocycles. The maximum absolute atomic E-state index is 13.2. The van der Waals surface area contributed by atoms with Crippen molar-refractivity contribution in [1.29, 1.82) is 0 Å². The van der Waals surface area contributed by atoms with Gasteiger partial charge in [-0.15, -0.1) is 16.4 Å². The fourth-order valence-electron chi connectivity index (χ4n) is 4.54. The Balaban J connectivity index is 1.42. The highest BCUT2D eigenvalue weighted by atomic mass is 32.1. The number of nitrogens with one attached hydrogen (secondary N) is 1. The second-order valence-corrected chi connectivity index (χ2v) is 10.9. The molecule has 2 heterocycles. The van der Waals surface area contributed by atoms with Crippen LogP contribution in [0.5, 0.6) is 11.5 Å². The fraction of sp³-hybridized carbons (Fsp3) is 0.520. The first-order valence-corrected chi connectivity index (χ1v) is 12.4. The number of aryl methyl sites for hydroxylation is 1. The summed E-state index contributed by atoms with van der Waals surface area (Å²) in [6, 6.07) is 5.66. The third-order valence-electron chi connectivity index (χ3n) is 6.64. The largest absolute Gasteiger partial charge is 0.493 e. The Hall–Kier alpha value is -2.94. The number of amides is 1. The Kier molecular flexibility index (Phi) is 6.93. The van der Waals surface area contributed by atoms with Crippen LogP contribution >= 0.6 is 11.3 Å². The minimum Gasteiger partial charge on any atom is -0.493 e. The Morgan fingerprint density at radius 3 is 2.71 bits per heavy atom. The van der Waals surface area contributed by atoms with E-state index >= 15 is 0 Å². The first-order valence-electron chi connectivity index (χ1n) is 11.6. The van der Waals surface area contributed by atoms with Crippen molar-refractivity contribution in [3.63, 3.8) is 0 Å². The van der Waals surface area contributed by atoms with Crippen LogP contribution < -0.4 is 20.3 Å².